The van der Waals surface area contributed by atoms with Gasteiger partial charge in [0.15, 0.2) is 0 Å². The van der Waals surface area contributed by atoms with E-state index in [0.29, 0.717) is 5.75 Å². The number of methoxy groups -OCH3 is 2. The zero-order chi connectivity index (χ0) is 12.8. The normalized spacial score (nSPS) is 9.35. The average Bonchev–Trinajstić information content (AvgIpc) is 2.37. The van der Waals surface area contributed by atoms with Gasteiger partial charge in [0.25, 0.3) is 0 Å². The second-order valence-corrected chi connectivity index (χ2v) is 2.89. The van der Waals surface area contributed by atoms with Crippen LogP contribution in [0.25, 0.3) is 0 Å². The summed E-state index contributed by atoms with van der Waals surface area (Å²) in [7, 11) is 2.84. The Kier molecular flexibility index (Phi) is 4.29. The maximum Gasteiger partial charge on any atom is 0.429 e. The van der Waals surface area contributed by atoms with Gasteiger partial charge in [0.1, 0.15) is 17.1 Å². The van der Waals surface area contributed by atoms with Gasteiger partial charge in [-0.1, -0.05) is 0 Å². The summed E-state index contributed by atoms with van der Waals surface area (Å²) in [5.74, 6) is 4.61. The minimum Gasteiger partial charge on any atom is -0.497 e. The molecule has 7 heteroatoms. The lowest BCUT2D eigenvalue weighted by atomic mass is 10.2. The molecule has 1 aromatic carbocycles. The van der Waals surface area contributed by atoms with Gasteiger partial charge >= 0.3 is 12.1 Å². The summed E-state index contributed by atoms with van der Waals surface area (Å²) in [5, 5.41) is 0. The molecule has 0 aliphatic carbocycles. The largest absolute Gasteiger partial charge is 0.497 e. The molecule has 0 radical (unpaired) electrons. The van der Waals surface area contributed by atoms with Crippen molar-refractivity contribution in [2.45, 2.75) is 0 Å². The lowest BCUT2D eigenvalue weighted by molar-refractivity contribution is 0.0618. The van der Waals surface area contributed by atoms with Crippen molar-refractivity contribution in [2.24, 2.45) is 5.84 Å². The van der Waals surface area contributed by atoms with Crippen molar-refractivity contribution in [2.75, 3.05) is 14.2 Å². The molecular formula is C10H12N2O5. The molecule has 0 fully saturated rings. The fourth-order valence-corrected chi connectivity index (χ4v) is 1.14. The quantitative estimate of drug-likeness (QED) is 0.261. The number of hydrogen-bond donors (Lipinski definition) is 2. The zero-order valence-electron chi connectivity index (χ0n) is 9.35. The van der Waals surface area contributed by atoms with Crippen LogP contribution < -0.4 is 20.7 Å². The van der Waals surface area contributed by atoms with E-state index in [4.69, 9.17) is 15.3 Å². The van der Waals surface area contributed by atoms with Gasteiger partial charge < -0.3 is 14.2 Å². The zero-order valence-corrected chi connectivity index (χ0v) is 9.35. The molecule has 0 unspecified atom stereocenters. The van der Waals surface area contributed by atoms with Gasteiger partial charge in [-0.15, -0.1) is 0 Å². The van der Waals surface area contributed by atoms with Crippen LogP contribution in [0.1, 0.15) is 10.4 Å². The summed E-state index contributed by atoms with van der Waals surface area (Å²) >= 11 is 0. The second-order valence-electron chi connectivity index (χ2n) is 2.89. The molecule has 0 aliphatic heterocycles. The highest BCUT2D eigenvalue weighted by atomic mass is 16.6. The maximum absolute atomic E-state index is 11.6. The highest BCUT2D eigenvalue weighted by molar-refractivity contribution is 5.98. The Morgan fingerprint density at radius 2 is 1.94 bits per heavy atom. The first-order valence-corrected chi connectivity index (χ1v) is 4.57. The van der Waals surface area contributed by atoms with E-state index in [1.165, 1.54) is 26.4 Å². The van der Waals surface area contributed by atoms with Gasteiger partial charge in [-0.05, 0) is 18.2 Å². The van der Waals surface area contributed by atoms with Crippen molar-refractivity contribution in [3.8, 4) is 11.5 Å². The van der Waals surface area contributed by atoms with E-state index < -0.39 is 12.1 Å². The van der Waals surface area contributed by atoms with E-state index >= 15 is 0 Å². The van der Waals surface area contributed by atoms with Crippen LogP contribution in [0.5, 0.6) is 11.5 Å². The molecule has 7 nitrogen and oxygen atoms in total. The number of nitrogens with one attached hydrogen (secondary N) is 1. The smallest absolute Gasteiger partial charge is 0.429 e. The first kappa shape index (κ1) is 12.8. The van der Waals surface area contributed by atoms with Crippen LogP contribution in [0, 0.1) is 0 Å². The third-order valence-electron chi connectivity index (χ3n) is 1.93. The molecule has 0 saturated carbocycles. The lowest BCUT2D eigenvalue weighted by Crippen LogP contribution is -2.32. The molecule has 1 rings (SSSR count). The van der Waals surface area contributed by atoms with Crippen molar-refractivity contribution in [1.29, 1.82) is 0 Å². The minimum atomic E-state index is -1.06. The number of benzene rings is 1. The Morgan fingerprint density at radius 3 is 2.47 bits per heavy atom. The average molecular weight is 240 g/mol. The standard InChI is InChI=1S/C10H12N2O5/c1-15-6-3-4-8(16-2)7(5-6)9(13)17-10(14)12-11/h3-5H,11H2,1-2H3,(H,12,14). The number of hydrazine groups is 1. The number of nitrogens with two attached hydrogens (primary N) is 1. The highest BCUT2D eigenvalue weighted by Crippen LogP contribution is 2.24. The molecule has 92 valence electrons. The molecular weight excluding hydrogens is 228 g/mol. The van der Waals surface area contributed by atoms with Crippen molar-refractivity contribution < 1.29 is 23.8 Å². The molecule has 0 saturated heterocycles. The first-order valence-electron chi connectivity index (χ1n) is 4.57. The summed E-state index contributed by atoms with van der Waals surface area (Å²) < 4.78 is 14.3. The number of hydrogen-bond acceptors (Lipinski definition) is 6. The summed E-state index contributed by atoms with van der Waals surface area (Å²) in [6.45, 7) is 0. The SMILES string of the molecule is COc1ccc(OC)c(C(=O)OC(=O)NN)c1. The molecule has 0 aromatic heterocycles. The molecule has 0 heterocycles. The fourth-order valence-electron chi connectivity index (χ4n) is 1.14. The maximum atomic E-state index is 11.6. The van der Waals surface area contributed by atoms with Gasteiger partial charge in [-0.3, -0.25) is 5.43 Å². The highest BCUT2D eigenvalue weighted by Gasteiger charge is 2.17. The van der Waals surface area contributed by atoms with Crippen molar-refractivity contribution in [1.82, 2.24) is 5.43 Å². The van der Waals surface area contributed by atoms with Gasteiger partial charge in [-0.2, -0.15) is 0 Å². The minimum absolute atomic E-state index is 0.0652. The van der Waals surface area contributed by atoms with Crippen LogP contribution in [0.15, 0.2) is 18.2 Å². The van der Waals surface area contributed by atoms with E-state index in [1.54, 1.807) is 11.5 Å². The van der Waals surface area contributed by atoms with Crippen LogP contribution in [0.3, 0.4) is 0 Å². The third-order valence-corrected chi connectivity index (χ3v) is 1.93. The molecule has 0 bridgehead atoms. The summed E-state index contributed by atoms with van der Waals surface area (Å²) in [4.78, 5) is 22.4. The number of rotatable bonds is 3. The first-order chi connectivity index (χ1) is 8.12. The molecule has 0 atom stereocenters. The molecule has 1 aromatic rings. The number of ether oxygens (including phenoxy) is 3. The molecule has 3 N–H and O–H groups in total. The van der Waals surface area contributed by atoms with Gasteiger partial charge in [-0.25, -0.2) is 15.4 Å². The topological polar surface area (TPSA) is 99.9 Å². The van der Waals surface area contributed by atoms with Crippen LogP contribution >= 0.6 is 0 Å². The van der Waals surface area contributed by atoms with E-state index in [0.717, 1.165) is 0 Å². The Labute approximate surface area is 97.4 Å². The third kappa shape index (κ3) is 3.08. The van der Waals surface area contributed by atoms with E-state index in [2.05, 4.69) is 4.74 Å². The van der Waals surface area contributed by atoms with Gasteiger partial charge in [0.2, 0.25) is 0 Å². The summed E-state index contributed by atoms with van der Waals surface area (Å²) in [6, 6.07) is 4.53. The summed E-state index contributed by atoms with van der Waals surface area (Å²) in [6.07, 6.45) is -1.06. The Balaban J connectivity index is 3.01. The lowest BCUT2D eigenvalue weighted by Gasteiger charge is -2.09. The monoisotopic (exact) mass is 240 g/mol. The molecule has 17 heavy (non-hydrogen) atoms. The number of carbonyl (C=O) groups is 2. The number of esters is 1. The van der Waals surface area contributed by atoms with Crippen LogP contribution in [-0.4, -0.2) is 26.3 Å². The van der Waals surface area contributed by atoms with Crippen LogP contribution in [-0.2, 0) is 4.74 Å². The number of carbonyl (C=O) groups excluding carboxylic acids is 2. The van der Waals surface area contributed by atoms with Gasteiger partial charge in [0, 0.05) is 0 Å². The Bertz CT molecular complexity index is 433. The van der Waals surface area contributed by atoms with E-state index in [9.17, 15) is 9.59 Å². The molecule has 0 aliphatic rings. The van der Waals surface area contributed by atoms with Crippen molar-refractivity contribution in [3.63, 3.8) is 0 Å². The van der Waals surface area contributed by atoms with Crippen molar-refractivity contribution >= 4 is 12.1 Å². The number of amides is 1. The predicted octanol–water partition coefficient (Wildman–Crippen LogP) is 0.444. The van der Waals surface area contributed by atoms with E-state index in [1.807, 2.05) is 0 Å². The molecule has 0 spiro atoms. The summed E-state index contributed by atoms with van der Waals surface area (Å²) in [5.41, 5.74) is 1.74. The Hall–Kier alpha value is -2.28. The second kappa shape index (κ2) is 5.71. The van der Waals surface area contributed by atoms with E-state index in [-0.39, 0.29) is 11.3 Å². The Morgan fingerprint density at radius 1 is 1.24 bits per heavy atom. The fraction of sp³-hybridized carbons (Fsp3) is 0.200. The molecule has 1 amide bonds. The van der Waals surface area contributed by atoms with Crippen molar-refractivity contribution in [3.05, 3.63) is 23.8 Å². The predicted molar refractivity (Wildman–Crippen MR) is 57.7 cm³/mol. The van der Waals surface area contributed by atoms with Crippen LogP contribution in [0.2, 0.25) is 0 Å². The van der Waals surface area contributed by atoms with Gasteiger partial charge in [0.05, 0.1) is 14.2 Å². The van der Waals surface area contributed by atoms with Crippen LogP contribution in [0.4, 0.5) is 4.79 Å².